The number of nitrogens with zero attached hydrogens (tertiary/aromatic N) is 4. The molecule has 0 radical (unpaired) electrons. The van der Waals surface area contributed by atoms with Crippen LogP contribution in [0, 0.1) is 11.8 Å². The number of carbonyl (C=O) groups excluding carboxylic acids is 6. The molecular formula is C48H79N9O14S. The Morgan fingerprint density at radius 1 is 0.806 bits per heavy atom. The van der Waals surface area contributed by atoms with Crippen molar-refractivity contribution in [3.05, 3.63) is 41.7 Å². The topological polar surface area (TPSA) is 297 Å². The van der Waals surface area contributed by atoms with Gasteiger partial charge in [-0.3, -0.25) is 37.9 Å². The highest BCUT2D eigenvalue weighted by molar-refractivity contribution is 7.86. The minimum atomic E-state index is -4.64. The third kappa shape index (κ3) is 22.9. The molecule has 0 saturated carbocycles. The van der Waals surface area contributed by atoms with Gasteiger partial charge in [-0.05, 0) is 90.3 Å². The molecule has 0 spiro atoms. The van der Waals surface area contributed by atoms with Crippen LogP contribution < -0.4 is 26.6 Å². The van der Waals surface area contributed by atoms with Crippen LogP contribution in [0.15, 0.2) is 35.4 Å². The number of rotatable bonds is 33. The minimum Gasteiger partial charge on any atom is -0.385 e. The Morgan fingerprint density at radius 3 is 2.04 bits per heavy atom. The molecule has 23 nitrogen and oxygen atoms in total. The van der Waals surface area contributed by atoms with Gasteiger partial charge in [-0.25, -0.2) is 4.68 Å². The molecule has 1 saturated heterocycles. The second kappa shape index (κ2) is 29.1. The number of ketones is 1. The highest BCUT2D eigenvalue weighted by Gasteiger charge is 2.39. The molecule has 6 N–H and O–H groups in total. The summed E-state index contributed by atoms with van der Waals surface area (Å²) in [6, 6.07) is 2.64. The summed E-state index contributed by atoms with van der Waals surface area (Å²) in [6.45, 7) is 18.5. The van der Waals surface area contributed by atoms with Gasteiger partial charge < -0.3 is 50.6 Å². The molecule has 5 amide bonds. The molecule has 1 aliphatic heterocycles. The third-order valence-electron chi connectivity index (χ3n) is 11.4. The van der Waals surface area contributed by atoms with E-state index in [9.17, 15) is 42.3 Å². The number of aromatic nitrogens is 3. The molecule has 1 fully saturated rings. The molecule has 3 rings (SSSR count). The Morgan fingerprint density at radius 2 is 1.40 bits per heavy atom. The van der Waals surface area contributed by atoms with Gasteiger partial charge in [0.2, 0.25) is 23.6 Å². The van der Waals surface area contributed by atoms with Crippen LogP contribution >= 0.6 is 0 Å². The average molecular weight is 1040 g/mol. The molecular weight excluding hydrogens is 959 g/mol. The van der Waals surface area contributed by atoms with Gasteiger partial charge in [0.1, 0.15) is 23.9 Å². The van der Waals surface area contributed by atoms with E-state index in [1.807, 2.05) is 46.4 Å². The molecule has 0 bridgehead atoms. The highest BCUT2D eigenvalue weighted by atomic mass is 32.2. The van der Waals surface area contributed by atoms with Crippen molar-refractivity contribution in [2.75, 3.05) is 79.5 Å². The van der Waals surface area contributed by atoms with E-state index in [1.54, 1.807) is 31.8 Å². The van der Waals surface area contributed by atoms with Crippen molar-refractivity contribution in [1.82, 2.24) is 46.5 Å². The van der Waals surface area contributed by atoms with Crippen LogP contribution in [0.4, 0.5) is 0 Å². The van der Waals surface area contributed by atoms with Crippen molar-refractivity contribution in [1.29, 1.82) is 0 Å². The zero-order chi connectivity index (χ0) is 53.7. The quantitative estimate of drug-likeness (QED) is 0.0541. The molecule has 24 heteroatoms. The third-order valence-corrected chi connectivity index (χ3v) is 12.7. The van der Waals surface area contributed by atoms with Crippen LogP contribution in [-0.4, -0.2) is 177 Å². The number of amides is 5. The second-order valence-corrected chi connectivity index (χ2v) is 21.7. The van der Waals surface area contributed by atoms with Crippen LogP contribution in [0.5, 0.6) is 0 Å². The first kappa shape index (κ1) is 61.4. The molecule has 3 atom stereocenters. The van der Waals surface area contributed by atoms with Crippen LogP contribution in [0.3, 0.4) is 0 Å². The fraction of sp³-hybridized carbons (Fsp3) is 0.708. The Labute approximate surface area is 424 Å². The number of ether oxygens (including phenoxy) is 4. The first-order chi connectivity index (χ1) is 33.7. The van der Waals surface area contributed by atoms with E-state index >= 15 is 0 Å². The number of aliphatic hydroxyl groups is 1. The molecule has 1 unspecified atom stereocenters. The molecule has 2 heterocycles. The van der Waals surface area contributed by atoms with Gasteiger partial charge in [0, 0.05) is 32.4 Å². The van der Waals surface area contributed by atoms with Gasteiger partial charge in [0.25, 0.3) is 16.0 Å². The van der Waals surface area contributed by atoms with E-state index in [0.29, 0.717) is 64.8 Å². The Balaban J connectivity index is 1.50. The van der Waals surface area contributed by atoms with Gasteiger partial charge in [0.15, 0.2) is 5.78 Å². The summed E-state index contributed by atoms with van der Waals surface area (Å²) in [6.07, 6.45) is 3.36. The number of morpholine rings is 1. The van der Waals surface area contributed by atoms with Crippen molar-refractivity contribution in [3.63, 3.8) is 0 Å². The molecule has 1 aliphatic rings. The Hall–Kier alpha value is -4.95. The molecule has 2 aromatic rings. The summed E-state index contributed by atoms with van der Waals surface area (Å²) in [4.78, 5) is 79.8. The average Bonchev–Trinajstić information content (AvgIpc) is 3.77. The standard InChI is InChI=1S/C48H79N9O14S/c1-33(2)24-38(52-41(59)29-51-45(63)39(25-34(3)4)53-40(58)28-49-42(60)31-56-16-21-68-22-17-56)43(61)48(9,64)32-71-72(65,66)37-13-11-12-35(26-37)44(62)50-27-36-30-57(55-54-36)18-23-70-47(7,8)15-20-69-46(5,6)14-19-67-10/h11-13,26,30,33-34,38-39,64H,14-25,27-29,31-32H2,1-10H3,(H,49,60)(H,50,62)(H,51,63)(H,52,59)(H,53,58)/t38-,39-,48?/m0/s1. The Kier molecular flexibility index (Phi) is 24.8. The van der Waals surface area contributed by atoms with Crippen molar-refractivity contribution >= 4 is 45.4 Å². The SMILES string of the molecule is COCCC(C)(C)OCCC(C)(C)OCCn1cc(CNC(=O)c2cccc(S(=O)(=O)OCC(C)(O)C(=O)[C@H](CC(C)C)NC(=O)CNC(=O)[C@H](CC(C)C)NC(=O)CNC(=O)CN3CCOCC3)c2)nn1. The van der Waals surface area contributed by atoms with E-state index in [4.69, 9.17) is 23.1 Å². The van der Waals surface area contributed by atoms with E-state index in [1.165, 1.54) is 18.2 Å². The van der Waals surface area contributed by atoms with Gasteiger partial charge in [-0.1, -0.05) is 39.0 Å². The largest absolute Gasteiger partial charge is 0.385 e. The predicted octanol–water partition coefficient (Wildman–Crippen LogP) is 0.877. The normalized spacial score (nSPS) is 15.3. The van der Waals surface area contributed by atoms with Crippen molar-refractivity contribution in [2.45, 2.75) is 135 Å². The van der Waals surface area contributed by atoms with Crippen molar-refractivity contribution in [2.24, 2.45) is 11.8 Å². The van der Waals surface area contributed by atoms with E-state index in [-0.39, 0.29) is 61.4 Å². The lowest BCUT2D eigenvalue weighted by molar-refractivity contribution is -0.143. The summed E-state index contributed by atoms with van der Waals surface area (Å²) in [5.74, 6) is -4.23. The van der Waals surface area contributed by atoms with E-state index in [0.717, 1.165) is 19.4 Å². The predicted molar refractivity (Wildman–Crippen MR) is 264 cm³/mol. The number of hydrogen-bond donors (Lipinski definition) is 6. The fourth-order valence-electron chi connectivity index (χ4n) is 7.17. The first-order valence-corrected chi connectivity index (χ1v) is 25.7. The summed E-state index contributed by atoms with van der Waals surface area (Å²) in [7, 11) is -2.99. The molecule has 72 heavy (non-hydrogen) atoms. The molecule has 0 aliphatic carbocycles. The number of methoxy groups -OCH3 is 1. The maximum absolute atomic E-state index is 13.7. The summed E-state index contributed by atoms with van der Waals surface area (Å²) in [5.41, 5.74) is -2.77. The maximum atomic E-state index is 13.7. The number of nitrogens with one attached hydrogen (secondary N) is 5. The highest BCUT2D eigenvalue weighted by Crippen LogP contribution is 2.22. The fourth-order valence-corrected chi connectivity index (χ4v) is 8.20. The van der Waals surface area contributed by atoms with Gasteiger partial charge in [-0.15, -0.1) is 5.10 Å². The lowest BCUT2D eigenvalue weighted by Gasteiger charge is -2.29. The summed E-state index contributed by atoms with van der Waals surface area (Å²) in [5, 5.41) is 32.3. The zero-order valence-corrected chi connectivity index (χ0v) is 44.5. The molecule has 1 aromatic carbocycles. The minimum absolute atomic E-state index is 0.0181. The first-order valence-electron chi connectivity index (χ1n) is 24.3. The summed E-state index contributed by atoms with van der Waals surface area (Å²) < 4.78 is 56.0. The monoisotopic (exact) mass is 1040 g/mol. The summed E-state index contributed by atoms with van der Waals surface area (Å²) >= 11 is 0. The number of carbonyl (C=O) groups is 6. The lowest BCUT2D eigenvalue weighted by Crippen LogP contribution is -2.55. The van der Waals surface area contributed by atoms with Crippen LogP contribution in [-0.2, 0) is 70.3 Å². The maximum Gasteiger partial charge on any atom is 0.297 e. The van der Waals surface area contributed by atoms with Gasteiger partial charge in [-0.2, -0.15) is 8.42 Å². The zero-order valence-electron chi connectivity index (χ0n) is 43.7. The van der Waals surface area contributed by atoms with Crippen LogP contribution in [0.25, 0.3) is 0 Å². The van der Waals surface area contributed by atoms with E-state index < -0.39 is 80.9 Å². The van der Waals surface area contributed by atoms with Gasteiger partial charge in [0.05, 0.1) is 87.5 Å². The number of hydrogen-bond acceptors (Lipinski definition) is 17. The second-order valence-electron chi connectivity index (χ2n) is 20.1. The number of benzene rings is 1. The lowest BCUT2D eigenvalue weighted by atomic mass is 9.90. The van der Waals surface area contributed by atoms with Crippen molar-refractivity contribution < 1.29 is 65.4 Å². The van der Waals surface area contributed by atoms with Crippen molar-refractivity contribution in [3.8, 4) is 0 Å². The Bertz CT molecular complexity index is 2190. The molecule has 1 aromatic heterocycles. The van der Waals surface area contributed by atoms with Crippen LogP contribution in [0.2, 0.25) is 0 Å². The smallest absolute Gasteiger partial charge is 0.297 e. The van der Waals surface area contributed by atoms with E-state index in [2.05, 4.69) is 36.9 Å². The number of Topliss-reactive ketones (excluding diaryl/α,β-unsaturated/α-hetero) is 1. The molecule has 406 valence electrons. The van der Waals surface area contributed by atoms with Crippen LogP contribution in [0.1, 0.15) is 104 Å². The van der Waals surface area contributed by atoms with Gasteiger partial charge >= 0.3 is 0 Å².